The van der Waals surface area contributed by atoms with Gasteiger partial charge in [0, 0.05) is 31.2 Å². The molecule has 3 heteroatoms. The van der Waals surface area contributed by atoms with E-state index in [-0.39, 0.29) is 0 Å². The quantitative estimate of drug-likeness (QED) is 0.739. The van der Waals surface area contributed by atoms with Crippen LogP contribution >= 0.6 is 0 Å². The summed E-state index contributed by atoms with van der Waals surface area (Å²) in [6, 6.07) is 19.5. The summed E-state index contributed by atoms with van der Waals surface area (Å²) in [6.07, 6.45) is 4.90. The molecule has 1 unspecified atom stereocenters. The fourth-order valence-electron chi connectivity index (χ4n) is 3.73. The van der Waals surface area contributed by atoms with Crippen molar-refractivity contribution in [2.75, 3.05) is 26.2 Å². The van der Waals surface area contributed by atoms with E-state index in [1.807, 2.05) is 6.07 Å². The highest BCUT2D eigenvalue weighted by Gasteiger charge is 2.23. The summed E-state index contributed by atoms with van der Waals surface area (Å²) >= 11 is 0. The molecule has 0 saturated carbocycles. The highest BCUT2D eigenvalue weighted by Crippen LogP contribution is 2.34. The van der Waals surface area contributed by atoms with Gasteiger partial charge in [0.1, 0.15) is 12.4 Å². The average molecular weight is 353 g/mol. The molecule has 0 amide bonds. The Morgan fingerprint density at radius 2 is 1.81 bits per heavy atom. The molecule has 2 aromatic rings. The average Bonchev–Trinajstić information content (AvgIpc) is 2.98. The van der Waals surface area contributed by atoms with Gasteiger partial charge < -0.3 is 10.1 Å². The van der Waals surface area contributed by atoms with Gasteiger partial charge >= 0.3 is 0 Å². The number of rotatable bonds is 8. The van der Waals surface area contributed by atoms with Crippen LogP contribution in [-0.2, 0) is 6.61 Å². The fourth-order valence-corrected chi connectivity index (χ4v) is 3.73. The van der Waals surface area contributed by atoms with Crippen molar-refractivity contribution in [1.29, 1.82) is 0 Å². The Kier molecular flexibility index (Phi) is 7.53. The minimum atomic E-state index is 0.446. The van der Waals surface area contributed by atoms with Crippen LogP contribution in [0.1, 0.15) is 49.8 Å². The van der Waals surface area contributed by atoms with Crippen molar-refractivity contribution in [2.24, 2.45) is 0 Å². The van der Waals surface area contributed by atoms with Gasteiger partial charge in [-0.25, -0.2) is 0 Å². The minimum absolute atomic E-state index is 0.446. The van der Waals surface area contributed by atoms with Crippen molar-refractivity contribution < 1.29 is 4.74 Å². The second kappa shape index (κ2) is 10.3. The van der Waals surface area contributed by atoms with Gasteiger partial charge in [-0.05, 0) is 31.0 Å². The van der Waals surface area contributed by atoms with Crippen LogP contribution in [-0.4, -0.2) is 31.1 Å². The van der Waals surface area contributed by atoms with E-state index < -0.39 is 0 Å². The van der Waals surface area contributed by atoms with Crippen LogP contribution in [0.2, 0.25) is 0 Å². The zero-order valence-electron chi connectivity index (χ0n) is 16.0. The van der Waals surface area contributed by atoms with E-state index >= 15 is 0 Å². The first-order chi connectivity index (χ1) is 12.9. The molecule has 0 aromatic heterocycles. The highest BCUT2D eigenvalue weighted by atomic mass is 16.5. The van der Waals surface area contributed by atoms with Crippen LogP contribution in [0.4, 0.5) is 0 Å². The molecule has 3 nitrogen and oxygen atoms in total. The molecular formula is C23H32N2O. The lowest BCUT2D eigenvalue weighted by atomic mass is 9.98. The largest absolute Gasteiger partial charge is 0.489 e. The Balaban J connectivity index is 1.78. The van der Waals surface area contributed by atoms with Crippen LogP contribution in [0.5, 0.6) is 5.75 Å². The zero-order chi connectivity index (χ0) is 18.0. The standard InChI is InChI=1S/C23H32N2O/c1-2-3-13-22(25-17-9-15-24-16-18-25)21-12-7-8-14-23(21)26-19-20-10-5-4-6-11-20/h4-8,10-12,14,22,24H,2-3,9,13,15-19H2,1H3. The maximum absolute atomic E-state index is 6.26. The molecule has 0 bridgehead atoms. The lowest BCUT2D eigenvalue weighted by molar-refractivity contribution is 0.190. The van der Waals surface area contributed by atoms with Crippen LogP contribution in [0.15, 0.2) is 54.6 Å². The summed E-state index contributed by atoms with van der Waals surface area (Å²) in [5.74, 6) is 1.04. The van der Waals surface area contributed by atoms with Crippen LogP contribution < -0.4 is 10.1 Å². The highest BCUT2D eigenvalue weighted by molar-refractivity contribution is 5.36. The molecule has 1 saturated heterocycles. The number of ether oxygens (including phenoxy) is 1. The molecule has 2 aromatic carbocycles. The van der Waals surface area contributed by atoms with Crippen molar-refractivity contribution >= 4 is 0 Å². The lowest BCUT2D eigenvalue weighted by Crippen LogP contribution is -2.32. The predicted octanol–water partition coefficient (Wildman–Crippen LogP) is 4.79. The molecule has 140 valence electrons. The number of hydrogen-bond donors (Lipinski definition) is 1. The number of nitrogens with one attached hydrogen (secondary N) is 1. The maximum atomic E-state index is 6.26. The van der Waals surface area contributed by atoms with E-state index in [2.05, 4.69) is 65.7 Å². The van der Waals surface area contributed by atoms with E-state index in [9.17, 15) is 0 Å². The third-order valence-electron chi connectivity index (χ3n) is 5.16. The second-order valence-corrected chi connectivity index (χ2v) is 7.11. The summed E-state index contributed by atoms with van der Waals surface area (Å²) in [6.45, 7) is 7.38. The zero-order valence-corrected chi connectivity index (χ0v) is 16.0. The normalized spacial score (nSPS) is 16.8. The number of nitrogens with zero attached hydrogens (tertiary/aromatic N) is 1. The summed E-state index contributed by atoms with van der Waals surface area (Å²) < 4.78 is 6.26. The molecule has 1 N–H and O–H groups in total. The summed E-state index contributed by atoms with van der Waals surface area (Å²) in [4.78, 5) is 2.65. The van der Waals surface area contributed by atoms with Gasteiger partial charge in [-0.1, -0.05) is 68.3 Å². The van der Waals surface area contributed by atoms with Crippen LogP contribution in [0, 0.1) is 0 Å². The van der Waals surface area contributed by atoms with Gasteiger partial charge in [-0.3, -0.25) is 4.90 Å². The minimum Gasteiger partial charge on any atom is -0.489 e. The second-order valence-electron chi connectivity index (χ2n) is 7.11. The topological polar surface area (TPSA) is 24.5 Å². The summed E-state index contributed by atoms with van der Waals surface area (Å²) in [7, 11) is 0. The Hall–Kier alpha value is -1.84. The monoisotopic (exact) mass is 352 g/mol. The van der Waals surface area contributed by atoms with Crippen molar-refractivity contribution in [2.45, 2.75) is 45.3 Å². The number of benzene rings is 2. The van der Waals surface area contributed by atoms with Crippen LogP contribution in [0.3, 0.4) is 0 Å². The van der Waals surface area contributed by atoms with E-state index in [4.69, 9.17) is 4.74 Å². The molecule has 1 heterocycles. The van der Waals surface area contributed by atoms with Gasteiger partial charge in [0.2, 0.25) is 0 Å². The van der Waals surface area contributed by atoms with E-state index in [1.165, 1.54) is 36.8 Å². The molecule has 0 radical (unpaired) electrons. The summed E-state index contributed by atoms with van der Waals surface area (Å²) in [5, 5.41) is 3.53. The molecule has 1 fully saturated rings. The SMILES string of the molecule is CCCCC(c1ccccc1OCc1ccccc1)N1CCCNCC1. The van der Waals surface area contributed by atoms with E-state index in [0.29, 0.717) is 12.6 Å². The predicted molar refractivity (Wildman–Crippen MR) is 109 cm³/mol. The fraction of sp³-hybridized carbons (Fsp3) is 0.478. The molecule has 0 aliphatic carbocycles. The Morgan fingerprint density at radius 1 is 1.00 bits per heavy atom. The Labute approximate surface area is 158 Å². The molecule has 1 aliphatic rings. The van der Waals surface area contributed by atoms with Crippen molar-refractivity contribution in [3.8, 4) is 5.75 Å². The maximum Gasteiger partial charge on any atom is 0.124 e. The van der Waals surface area contributed by atoms with Gasteiger partial charge in [-0.2, -0.15) is 0 Å². The van der Waals surface area contributed by atoms with Gasteiger partial charge in [-0.15, -0.1) is 0 Å². The number of para-hydroxylation sites is 1. The number of unbranched alkanes of at least 4 members (excludes halogenated alkanes) is 1. The van der Waals surface area contributed by atoms with Gasteiger partial charge in [0.05, 0.1) is 0 Å². The molecule has 1 atom stereocenters. The molecular weight excluding hydrogens is 320 g/mol. The Morgan fingerprint density at radius 3 is 2.65 bits per heavy atom. The third-order valence-corrected chi connectivity index (χ3v) is 5.16. The van der Waals surface area contributed by atoms with Gasteiger partial charge in [0.25, 0.3) is 0 Å². The van der Waals surface area contributed by atoms with E-state index in [0.717, 1.165) is 31.9 Å². The molecule has 26 heavy (non-hydrogen) atoms. The smallest absolute Gasteiger partial charge is 0.124 e. The molecule has 3 rings (SSSR count). The van der Waals surface area contributed by atoms with E-state index in [1.54, 1.807) is 0 Å². The van der Waals surface area contributed by atoms with Gasteiger partial charge in [0.15, 0.2) is 0 Å². The van der Waals surface area contributed by atoms with Crippen molar-refractivity contribution in [3.05, 3.63) is 65.7 Å². The third kappa shape index (κ3) is 5.33. The first-order valence-corrected chi connectivity index (χ1v) is 10.1. The summed E-state index contributed by atoms with van der Waals surface area (Å²) in [5.41, 5.74) is 2.56. The number of hydrogen-bond acceptors (Lipinski definition) is 3. The van der Waals surface area contributed by atoms with Crippen molar-refractivity contribution in [1.82, 2.24) is 10.2 Å². The Bertz CT molecular complexity index is 636. The van der Waals surface area contributed by atoms with Crippen LogP contribution in [0.25, 0.3) is 0 Å². The first kappa shape index (κ1) is 18.9. The molecule has 1 aliphatic heterocycles. The molecule has 0 spiro atoms. The van der Waals surface area contributed by atoms with Crippen molar-refractivity contribution in [3.63, 3.8) is 0 Å². The lowest BCUT2D eigenvalue weighted by Gasteiger charge is -2.32. The first-order valence-electron chi connectivity index (χ1n) is 10.1.